The van der Waals surface area contributed by atoms with Crippen molar-refractivity contribution in [3.8, 4) is 0 Å². The van der Waals surface area contributed by atoms with E-state index in [-0.39, 0.29) is 0 Å². The quantitative estimate of drug-likeness (QED) is 0.370. The van der Waals surface area contributed by atoms with Gasteiger partial charge in [-0.05, 0) is 48.2 Å². The zero-order valence-electron chi connectivity index (χ0n) is 15.0. The number of nitrogens with one attached hydrogen (secondary N) is 2. The molecule has 2 heterocycles. The van der Waals surface area contributed by atoms with Crippen molar-refractivity contribution in [2.75, 3.05) is 18.0 Å². The fourth-order valence-electron chi connectivity index (χ4n) is 3.46. The average molecular weight is 362 g/mol. The van der Waals surface area contributed by atoms with E-state index in [1.165, 1.54) is 24.6 Å². The molecule has 1 aliphatic heterocycles. The smallest absolute Gasteiger partial charge is 0.267 e. The van der Waals surface area contributed by atoms with E-state index in [1.807, 2.05) is 24.3 Å². The molecule has 0 spiro atoms. The van der Waals surface area contributed by atoms with Crippen molar-refractivity contribution in [1.82, 2.24) is 15.4 Å². The first-order valence-corrected chi connectivity index (χ1v) is 9.16. The van der Waals surface area contributed by atoms with Crippen LogP contribution >= 0.6 is 0 Å². The molecule has 3 N–H and O–H groups in total. The van der Waals surface area contributed by atoms with E-state index in [2.05, 4.69) is 28.1 Å². The summed E-state index contributed by atoms with van der Waals surface area (Å²) in [6, 6.07) is 14.3. The van der Waals surface area contributed by atoms with Gasteiger partial charge in [0.1, 0.15) is 5.82 Å². The molecule has 0 bridgehead atoms. The molecule has 0 aliphatic carbocycles. The van der Waals surface area contributed by atoms with E-state index in [0.29, 0.717) is 0 Å². The van der Waals surface area contributed by atoms with Gasteiger partial charge in [-0.3, -0.25) is 10.0 Å². The summed E-state index contributed by atoms with van der Waals surface area (Å²) in [7, 11) is 0. The molecule has 0 unspecified atom stereocenters. The van der Waals surface area contributed by atoms with Crippen molar-refractivity contribution in [2.24, 2.45) is 0 Å². The zero-order valence-corrected chi connectivity index (χ0v) is 15.0. The molecule has 1 aliphatic rings. The topological polar surface area (TPSA) is 81.2 Å². The number of nitrogens with zero attached hydrogens (tertiary/aromatic N) is 2. The number of imidazole rings is 1. The fourth-order valence-corrected chi connectivity index (χ4v) is 3.46. The average Bonchev–Trinajstić information content (AvgIpc) is 3.36. The van der Waals surface area contributed by atoms with Gasteiger partial charge in [0.2, 0.25) is 0 Å². The van der Waals surface area contributed by atoms with Gasteiger partial charge >= 0.3 is 0 Å². The fraction of sp³-hybridized carbons (Fsp3) is 0.238. The lowest BCUT2D eigenvalue weighted by Crippen LogP contribution is -2.17. The molecule has 138 valence electrons. The third-order valence-corrected chi connectivity index (χ3v) is 4.87. The second kappa shape index (κ2) is 7.63. The third-order valence-electron chi connectivity index (χ3n) is 4.87. The second-order valence-electron chi connectivity index (χ2n) is 6.81. The number of amides is 1. The number of carbonyl (C=O) groups excluding carboxylic acids is 1. The van der Waals surface area contributed by atoms with Crippen molar-refractivity contribution in [1.29, 1.82) is 0 Å². The highest BCUT2D eigenvalue weighted by Crippen LogP contribution is 2.24. The van der Waals surface area contributed by atoms with Crippen LogP contribution in [0.4, 0.5) is 5.69 Å². The minimum atomic E-state index is -0.547. The molecular formula is C21H22N4O2. The summed E-state index contributed by atoms with van der Waals surface area (Å²) in [5, 5.41) is 8.50. The standard InChI is InChI=1S/C21H22N4O2/c26-21(24-27)10-7-15-3-5-16(6-4-15)13-20-22-18-9-8-17(14-19(18)23-20)25-11-1-2-12-25/h3-10,14,27H,1-2,11-13H2,(H,22,23)(H,24,26)/b10-7+. The Kier molecular flexibility index (Phi) is 4.89. The number of aromatic nitrogens is 2. The van der Waals surface area contributed by atoms with Gasteiger partial charge < -0.3 is 9.88 Å². The number of aromatic amines is 1. The van der Waals surface area contributed by atoms with Crippen LogP contribution in [-0.2, 0) is 11.2 Å². The Balaban J connectivity index is 1.48. The number of hydroxylamine groups is 1. The highest BCUT2D eigenvalue weighted by atomic mass is 16.5. The molecule has 1 aromatic heterocycles. The van der Waals surface area contributed by atoms with Gasteiger partial charge in [0.05, 0.1) is 11.0 Å². The van der Waals surface area contributed by atoms with E-state index < -0.39 is 5.91 Å². The number of benzene rings is 2. The molecule has 1 saturated heterocycles. The first-order chi connectivity index (χ1) is 13.2. The molecule has 27 heavy (non-hydrogen) atoms. The molecule has 1 amide bonds. The molecule has 0 saturated carbocycles. The lowest BCUT2D eigenvalue weighted by Gasteiger charge is -2.17. The molecule has 0 atom stereocenters. The maximum absolute atomic E-state index is 11.0. The van der Waals surface area contributed by atoms with Crippen molar-refractivity contribution >= 4 is 28.7 Å². The van der Waals surface area contributed by atoms with E-state index in [1.54, 1.807) is 11.6 Å². The van der Waals surface area contributed by atoms with Crippen LogP contribution in [0, 0.1) is 0 Å². The van der Waals surface area contributed by atoms with Crippen LogP contribution in [0.1, 0.15) is 29.8 Å². The number of hydrogen-bond donors (Lipinski definition) is 3. The monoisotopic (exact) mass is 362 g/mol. The van der Waals surface area contributed by atoms with E-state index in [9.17, 15) is 4.79 Å². The van der Waals surface area contributed by atoms with E-state index in [0.717, 1.165) is 47.5 Å². The van der Waals surface area contributed by atoms with Crippen molar-refractivity contribution < 1.29 is 10.0 Å². The van der Waals surface area contributed by atoms with Gasteiger partial charge in [-0.2, -0.15) is 0 Å². The molecule has 1 fully saturated rings. The molecule has 6 nitrogen and oxygen atoms in total. The SMILES string of the molecule is O=C(/C=C/c1ccc(Cc2nc3ccc(N4CCCC4)cc3[nH]2)cc1)NO. The van der Waals surface area contributed by atoms with E-state index >= 15 is 0 Å². The van der Waals surface area contributed by atoms with Gasteiger partial charge in [-0.25, -0.2) is 10.5 Å². The van der Waals surface area contributed by atoms with Gasteiger partial charge in [0.15, 0.2) is 0 Å². The number of fused-ring (bicyclic) bond motifs is 1. The molecule has 3 aromatic rings. The van der Waals surface area contributed by atoms with Crippen molar-refractivity contribution in [2.45, 2.75) is 19.3 Å². The summed E-state index contributed by atoms with van der Waals surface area (Å²) in [6.45, 7) is 2.26. The Bertz CT molecular complexity index is 970. The number of carbonyl (C=O) groups is 1. The summed E-state index contributed by atoms with van der Waals surface area (Å²) in [5.41, 5.74) is 6.92. The molecule has 6 heteroatoms. The molecule has 0 radical (unpaired) electrons. The van der Waals surface area contributed by atoms with Crippen LogP contribution in [0.3, 0.4) is 0 Å². The number of hydrogen-bond acceptors (Lipinski definition) is 4. The molecule has 4 rings (SSSR count). The van der Waals surface area contributed by atoms with Gasteiger partial charge in [0, 0.05) is 31.3 Å². The number of anilines is 1. The zero-order chi connectivity index (χ0) is 18.6. The molecule has 2 aromatic carbocycles. The summed E-state index contributed by atoms with van der Waals surface area (Å²) in [5.74, 6) is 0.390. The Morgan fingerprint density at radius 1 is 1.19 bits per heavy atom. The highest BCUT2D eigenvalue weighted by molar-refractivity contribution is 5.90. The van der Waals surface area contributed by atoms with Gasteiger partial charge in [0.25, 0.3) is 5.91 Å². The maximum Gasteiger partial charge on any atom is 0.267 e. The summed E-state index contributed by atoms with van der Waals surface area (Å²) >= 11 is 0. The van der Waals surface area contributed by atoms with Crippen LogP contribution < -0.4 is 10.4 Å². The Morgan fingerprint density at radius 2 is 1.96 bits per heavy atom. The minimum absolute atomic E-state index is 0.547. The van der Waals surface area contributed by atoms with Crippen LogP contribution in [0.2, 0.25) is 0 Å². The second-order valence-corrected chi connectivity index (χ2v) is 6.81. The van der Waals surface area contributed by atoms with Gasteiger partial charge in [-0.15, -0.1) is 0 Å². The van der Waals surface area contributed by atoms with Crippen LogP contribution in [0.25, 0.3) is 17.1 Å². The number of rotatable bonds is 5. The lowest BCUT2D eigenvalue weighted by atomic mass is 10.1. The predicted molar refractivity (Wildman–Crippen MR) is 106 cm³/mol. The van der Waals surface area contributed by atoms with Crippen molar-refractivity contribution in [3.05, 3.63) is 65.5 Å². The Labute approximate surface area is 157 Å². The first-order valence-electron chi connectivity index (χ1n) is 9.16. The predicted octanol–water partition coefficient (Wildman–Crippen LogP) is 3.27. The van der Waals surface area contributed by atoms with Gasteiger partial charge in [-0.1, -0.05) is 24.3 Å². The van der Waals surface area contributed by atoms with Crippen LogP contribution in [-0.4, -0.2) is 34.2 Å². The minimum Gasteiger partial charge on any atom is -0.371 e. The molecular weight excluding hydrogens is 340 g/mol. The first kappa shape index (κ1) is 17.3. The number of H-pyrrole nitrogens is 1. The van der Waals surface area contributed by atoms with E-state index in [4.69, 9.17) is 10.2 Å². The summed E-state index contributed by atoms with van der Waals surface area (Å²) in [6.07, 6.45) is 6.18. The third kappa shape index (κ3) is 4.01. The maximum atomic E-state index is 11.0. The highest BCUT2D eigenvalue weighted by Gasteiger charge is 2.13. The van der Waals surface area contributed by atoms with Crippen molar-refractivity contribution in [3.63, 3.8) is 0 Å². The van der Waals surface area contributed by atoms with Crippen LogP contribution in [0.15, 0.2) is 48.5 Å². The Morgan fingerprint density at radius 3 is 2.70 bits per heavy atom. The lowest BCUT2D eigenvalue weighted by molar-refractivity contribution is -0.124. The summed E-state index contributed by atoms with van der Waals surface area (Å²) < 4.78 is 0. The normalized spacial score (nSPS) is 14.3. The summed E-state index contributed by atoms with van der Waals surface area (Å²) in [4.78, 5) is 21.6. The Hall–Kier alpha value is -3.12. The largest absolute Gasteiger partial charge is 0.371 e. The van der Waals surface area contributed by atoms with Crippen LogP contribution in [0.5, 0.6) is 0 Å².